The fraction of sp³-hybridized carbons (Fsp3) is 0.227. The molecule has 0 bridgehead atoms. The normalized spacial score (nSPS) is 13.8. The first-order chi connectivity index (χ1) is 14.2. The molecule has 0 saturated carbocycles. The van der Waals surface area contributed by atoms with Crippen molar-refractivity contribution in [3.8, 4) is 17.2 Å². The predicted octanol–water partition coefficient (Wildman–Crippen LogP) is 4.60. The number of halogens is 1. The smallest absolute Gasteiger partial charge is 0.165 e. The molecule has 3 aromatic rings. The maximum absolute atomic E-state index is 13.5. The molecular weight excluding hydrogens is 373 g/mol. The summed E-state index contributed by atoms with van der Waals surface area (Å²) in [5.74, 6) is 1.77. The highest BCUT2D eigenvalue weighted by molar-refractivity contribution is 5.59. The van der Waals surface area contributed by atoms with Crippen molar-refractivity contribution >= 4 is 17.2 Å². The Morgan fingerprint density at radius 3 is 2.66 bits per heavy atom. The summed E-state index contributed by atoms with van der Waals surface area (Å²) in [5.41, 5.74) is 1.80. The largest absolute Gasteiger partial charge is 0.494 e. The molecule has 6 nitrogen and oxygen atoms in total. The average molecular weight is 395 g/mol. The zero-order valence-corrected chi connectivity index (χ0v) is 16.1. The van der Waals surface area contributed by atoms with Crippen LogP contribution in [-0.4, -0.2) is 38.4 Å². The van der Waals surface area contributed by atoms with Crippen LogP contribution in [0.15, 0.2) is 60.8 Å². The molecule has 1 aromatic heterocycles. The van der Waals surface area contributed by atoms with Crippen molar-refractivity contribution in [3.05, 3.63) is 66.6 Å². The Balaban J connectivity index is 1.42. The van der Waals surface area contributed by atoms with Gasteiger partial charge in [-0.1, -0.05) is 6.07 Å². The Kier molecular flexibility index (Phi) is 5.76. The number of rotatable bonds is 6. The van der Waals surface area contributed by atoms with E-state index in [1.54, 1.807) is 24.4 Å². The minimum absolute atomic E-state index is 0.176. The summed E-state index contributed by atoms with van der Waals surface area (Å²) in [6.07, 6.45) is 1.64. The minimum atomic E-state index is -0.408. The number of pyridine rings is 1. The van der Waals surface area contributed by atoms with Crippen LogP contribution in [0.5, 0.6) is 17.2 Å². The SMILES string of the molecule is COc1cc(Nc2ccc(Oc3cccc(N4CCOCC4)c3)cn2)ccc1F. The molecule has 0 amide bonds. The van der Waals surface area contributed by atoms with E-state index in [-0.39, 0.29) is 5.75 Å². The van der Waals surface area contributed by atoms with Gasteiger partial charge in [0.05, 0.1) is 26.5 Å². The maximum Gasteiger partial charge on any atom is 0.165 e. The van der Waals surface area contributed by atoms with E-state index in [4.69, 9.17) is 14.2 Å². The first kappa shape index (κ1) is 19.0. The summed E-state index contributed by atoms with van der Waals surface area (Å²) < 4.78 is 29.9. The molecule has 0 radical (unpaired) electrons. The molecule has 1 aliphatic rings. The molecule has 0 spiro atoms. The van der Waals surface area contributed by atoms with Gasteiger partial charge in [0.2, 0.25) is 0 Å². The van der Waals surface area contributed by atoms with Gasteiger partial charge in [-0.2, -0.15) is 0 Å². The average Bonchev–Trinajstić information content (AvgIpc) is 2.77. The van der Waals surface area contributed by atoms with Crippen molar-refractivity contribution in [2.45, 2.75) is 0 Å². The van der Waals surface area contributed by atoms with Gasteiger partial charge in [0.25, 0.3) is 0 Å². The van der Waals surface area contributed by atoms with Crippen molar-refractivity contribution in [1.82, 2.24) is 4.98 Å². The van der Waals surface area contributed by atoms with Gasteiger partial charge in [-0.05, 0) is 36.4 Å². The van der Waals surface area contributed by atoms with Gasteiger partial charge < -0.3 is 24.4 Å². The molecule has 1 N–H and O–H groups in total. The molecular formula is C22H22FN3O3. The number of anilines is 3. The number of nitrogens with zero attached hydrogens (tertiary/aromatic N) is 2. The van der Waals surface area contributed by atoms with Gasteiger partial charge in [0, 0.05) is 36.6 Å². The number of aromatic nitrogens is 1. The fourth-order valence-corrected chi connectivity index (χ4v) is 3.10. The van der Waals surface area contributed by atoms with Crippen molar-refractivity contribution in [3.63, 3.8) is 0 Å². The van der Waals surface area contributed by atoms with Gasteiger partial charge in [-0.25, -0.2) is 9.37 Å². The van der Waals surface area contributed by atoms with Crippen LogP contribution in [0.3, 0.4) is 0 Å². The molecule has 150 valence electrons. The van der Waals surface area contributed by atoms with E-state index in [2.05, 4.69) is 21.3 Å². The van der Waals surface area contributed by atoms with Gasteiger partial charge >= 0.3 is 0 Å². The number of hydrogen-bond acceptors (Lipinski definition) is 6. The van der Waals surface area contributed by atoms with Gasteiger partial charge in [0.1, 0.15) is 17.3 Å². The number of methoxy groups -OCH3 is 1. The molecule has 1 saturated heterocycles. The van der Waals surface area contributed by atoms with Gasteiger partial charge in [-0.3, -0.25) is 0 Å². The molecule has 1 aliphatic heterocycles. The second-order valence-corrected chi connectivity index (χ2v) is 6.55. The number of nitrogens with one attached hydrogen (secondary N) is 1. The minimum Gasteiger partial charge on any atom is -0.494 e. The van der Waals surface area contributed by atoms with E-state index in [0.29, 0.717) is 17.3 Å². The topological polar surface area (TPSA) is 55.8 Å². The van der Waals surface area contributed by atoms with Crippen molar-refractivity contribution in [2.75, 3.05) is 43.6 Å². The lowest BCUT2D eigenvalue weighted by Crippen LogP contribution is -2.36. The molecule has 2 heterocycles. The van der Waals surface area contributed by atoms with Crippen LogP contribution in [0, 0.1) is 5.82 Å². The lowest BCUT2D eigenvalue weighted by atomic mass is 10.2. The third-order valence-electron chi connectivity index (χ3n) is 4.59. The highest BCUT2D eigenvalue weighted by Gasteiger charge is 2.12. The standard InChI is InChI=1S/C22H22FN3O3/c1-27-21-13-16(5-7-20(21)23)25-22-8-6-19(15-24-22)29-18-4-2-3-17(14-18)26-9-11-28-12-10-26/h2-8,13-15H,9-12H2,1H3,(H,24,25). The Morgan fingerprint density at radius 1 is 1.03 bits per heavy atom. The Bertz CT molecular complexity index is 960. The van der Waals surface area contributed by atoms with E-state index in [1.807, 2.05) is 24.3 Å². The summed E-state index contributed by atoms with van der Waals surface area (Å²) in [5, 5.41) is 3.12. The Labute approximate surface area is 168 Å². The Morgan fingerprint density at radius 2 is 1.90 bits per heavy atom. The maximum atomic E-state index is 13.5. The second kappa shape index (κ2) is 8.79. The zero-order valence-electron chi connectivity index (χ0n) is 16.1. The third-order valence-corrected chi connectivity index (χ3v) is 4.59. The summed E-state index contributed by atoms with van der Waals surface area (Å²) in [6.45, 7) is 3.23. The number of ether oxygens (including phenoxy) is 3. The van der Waals surface area contributed by atoms with Crippen LogP contribution in [0.1, 0.15) is 0 Å². The van der Waals surface area contributed by atoms with Crippen LogP contribution in [0.4, 0.5) is 21.6 Å². The molecule has 0 unspecified atom stereocenters. The highest BCUT2D eigenvalue weighted by Crippen LogP contribution is 2.28. The summed E-state index contributed by atoms with van der Waals surface area (Å²) >= 11 is 0. The lowest BCUT2D eigenvalue weighted by Gasteiger charge is -2.29. The molecule has 2 aromatic carbocycles. The molecule has 0 atom stereocenters. The molecule has 4 rings (SSSR count). The van der Waals surface area contributed by atoms with E-state index >= 15 is 0 Å². The lowest BCUT2D eigenvalue weighted by molar-refractivity contribution is 0.122. The summed E-state index contributed by atoms with van der Waals surface area (Å²) in [6, 6.07) is 16.2. The zero-order chi connectivity index (χ0) is 20.1. The van der Waals surface area contributed by atoms with Crippen LogP contribution in [0.2, 0.25) is 0 Å². The number of hydrogen-bond donors (Lipinski definition) is 1. The second-order valence-electron chi connectivity index (χ2n) is 6.55. The van der Waals surface area contributed by atoms with E-state index in [9.17, 15) is 4.39 Å². The van der Waals surface area contributed by atoms with Crippen LogP contribution in [-0.2, 0) is 4.74 Å². The predicted molar refractivity (Wildman–Crippen MR) is 110 cm³/mol. The van der Waals surface area contributed by atoms with Gasteiger partial charge in [0.15, 0.2) is 11.6 Å². The first-order valence-corrected chi connectivity index (χ1v) is 9.38. The highest BCUT2D eigenvalue weighted by atomic mass is 19.1. The van der Waals surface area contributed by atoms with Crippen LogP contribution < -0.4 is 19.7 Å². The van der Waals surface area contributed by atoms with E-state index in [1.165, 1.54) is 13.2 Å². The van der Waals surface area contributed by atoms with Gasteiger partial charge in [-0.15, -0.1) is 0 Å². The van der Waals surface area contributed by atoms with Crippen LogP contribution in [0.25, 0.3) is 0 Å². The fourth-order valence-electron chi connectivity index (χ4n) is 3.10. The summed E-state index contributed by atoms with van der Waals surface area (Å²) in [4.78, 5) is 6.64. The Hall–Kier alpha value is -3.32. The molecule has 29 heavy (non-hydrogen) atoms. The molecule has 0 aliphatic carbocycles. The third kappa shape index (κ3) is 4.75. The van der Waals surface area contributed by atoms with Crippen molar-refractivity contribution < 1.29 is 18.6 Å². The van der Waals surface area contributed by atoms with Crippen molar-refractivity contribution in [1.29, 1.82) is 0 Å². The summed E-state index contributed by atoms with van der Waals surface area (Å²) in [7, 11) is 1.43. The number of morpholine rings is 1. The van der Waals surface area contributed by atoms with E-state index < -0.39 is 5.82 Å². The molecule has 7 heteroatoms. The number of benzene rings is 2. The van der Waals surface area contributed by atoms with Crippen molar-refractivity contribution in [2.24, 2.45) is 0 Å². The molecule has 1 fully saturated rings. The van der Waals surface area contributed by atoms with Crippen LogP contribution >= 0.6 is 0 Å². The first-order valence-electron chi connectivity index (χ1n) is 9.38. The monoisotopic (exact) mass is 395 g/mol. The quantitative estimate of drug-likeness (QED) is 0.658. The van der Waals surface area contributed by atoms with E-state index in [0.717, 1.165) is 37.7 Å².